The summed E-state index contributed by atoms with van der Waals surface area (Å²) in [6.45, 7) is 6.59. The maximum atomic E-state index is 4.64. The van der Waals surface area contributed by atoms with Crippen LogP contribution in [0, 0.1) is 5.92 Å². The van der Waals surface area contributed by atoms with E-state index in [0.717, 1.165) is 24.6 Å². The van der Waals surface area contributed by atoms with E-state index in [9.17, 15) is 0 Å². The minimum Gasteiger partial charge on any atom is -0.373 e. The third-order valence-corrected chi connectivity index (χ3v) is 4.61. The lowest BCUT2D eigenvalue weighted by molar-refractivity contribution is 0.362. The number of hydrogen-bond acceptors (Lipinski definition) is 3. The molecule has 0 saturated heterocycles. The monoisotopic (exact) mass is 289 g/mol. The molecule has 1 aliphatic carbocycles. The van der Waals surface area contributed by atoms with Crippen LogP contribution in [0.2, 0.25) is 0 Å². The molecule has 21 heavy (non-hydrogen) atoms. The Balaban J connectivity index is 1.88. The van der Waals surface area contributed by atoms with Crippen LogP contribution in [0.5, 0.6) is 0 Å². The molecule has 1 fully saturated rings. The summed E-state index contributed by atoms with van der Waals surface area (Å²) >= 11 is 0. The minimum atomic E-state index is 0.336. The molecule has 0 spiro atoms. The van der Waals surface area contributed by atoms with Crippen LogP contribution >= 0.6 is 0 Å². The highest BCUT2D eigenvalue weighted by Gasteiger charge is 2.16. The van der Waals surface area contributed by atoms with E-state index in [1.807, 2.05) is 6.20 Å². The van der Waals surface area contributed by atoms with Crippen LogP contribution < -0.4 is 10.2 Å². The summed E-state index contributed by atoms with van der Waals surface area (Å²) in [5.74, 6) is 0.869. The lowest BCUT2D eigenvalue weighted by Crippen LogP contribution is -2.27. The molecule has 1 unspecified atom stereocenters. The van der Waals surface area contributed by atoms with Crippen LogP contribution in [-0.4, -0.2) is 25.1 Å². The normalized spacial score (nSPS) is 17.7. The number of pyridine rings is 1. The molecule has 1 aromatic heterocycles. The van der Waals surface area contributed by atoms with Crippen molar-refractivity contribution >= 4 is 5.69 Å². The summed E-state index contributed by atoms with van der Waals surface area (Å²) < 4.78 is 0. The zero-order valence-electron chi connectivity index (χ0n) is 13.9. The molecule has 0 bridgehead atoms. The Morgan fingerprint density at radius 1 is 1.29 bits per heavy atom. The van der Waals surface area contributed by atoms with Gasteiger partial charge in [0.2, 0.25) is 0 Å². The molecule has 0 radical (unpaired) electrons. The smallest absolute Gasteiger partial charge is 0.0572 e. The van der Waals surface area contributed by atoms with Gasteiger partial charge >= 0.3 is 0 Å². The van der Waals surface area contributed by atoms with Crippen LogP contribution in [0.1, 0.15) is 64.1 Å². The average molecular weight is 289 g/mol. The topological polar surface area (TPSA) is 28.2 Å². The number of rotatable bonds is 7. The van der Waals surface area contributed by atoms with E-state index in [1.165, 1.54) is 44.3 Å². The molecule has 2 rings (SSSR count). The summed E-state index contributed by atoms with van der Waals surface area (Å²) in [6, 6.07) is 4.72. The Kier molecular flexibility index (Phi) is 6.50. The molecule has 1 heterocycles. The number of aromatic nitrogens is 1. The van der Waals surface area contributed by atoms with Gasteiger partial charge in [0.05, 0.1) is 17.6 Å². The molecule has 0 aliphatic heterocycles. The molecule has 0 amide bonds. The highest BCUT2D eigenvalue weighted by Crippen LogP contribution is 2.25. The molecule has 1 aromatic rings. The van der Waals surface area contributed by atoms with Crippen molar-refractivity contribution in [3.63, 3.8) is 0 Å². The van der Waals surface area contributed by atoms with E-state index in [0.29, 0.717) is 6.04 Å². The van der Waals surface area contributed by atoms with Gasteiger partial charge in [0.15, 0.2) is 0 Å². The Hall–Kier alpha value is -1.09. The minimum absolute atomic E-state index is 0.336. The zero-order valence-corrected chi connectivity index (χ0v) is 13.9. The first-order valence-electron chi connectivity index (χ1n) is 8.61. The average Bonchev–Trinajstić information content (AvgIpc) is 2.53. The van der Waals surface area contributed by atoms with Gasteiger partial charge in [0, 0.05) is 19.6 Å². The van der Waals surface area contributed by atoms with Crippen molar-refractivity contribution in [2.24, 2.45) is 5.92 Å². The maximum absolute atomic E-state index is 4.64. The Morgan fingerprint density at radius 3 is 2.67 bits per heavy atom. The van der Waals surface area contributed by atoms with Crippen molar-refractivity contribution < 1.29 is 0 Å². The first kappa shape index (κ1) is 16.3. The van der Waals surface area contributed by atoms with Crippen LogP contribution in [0.4, 0.5) is 5.69 Å². The number of anilines is 1. The maximum Gasteiger partial charge on any atom is 0.0572 e. The highest BCUT2D eigenvalue weighted by atomic mass is 15.1. The van der Waals surface area contributed by atoms with E-state index in [-0.39, 0.29) is 0 Å². The van der Waals surface area contributed by atoms with E-state index in [1.54, 1.807) is 0 Å². The lowest BCUT2D eigenvalue weighted by atomic mass is 9.89. The van der Waals surface area contributed by atoms with E-state index in [4.69, 9.17) is 0 Å². The van der Waals surface area contributed by atoms with E-state index >= 15 is 0 Å². The second-order valence-electron chi connectivity index (χ2n) is 6.50. The van der Waals surface area contributed by atoms with Crippen LogP contribution in [0.3, 0.4) is 0 Å². The van der Waals surface area contributed by atoms with Crippen molar-refractivity contribution in [2.45, 2.75) is 58.4 Å². The lowest BCUT2D eigenvalue weighted by Gasteiger charge is -2.28. The second kappa shape index (κ2) is 8.38. The summed E-state index contributed by atoms with van der Waals surface area (Å²) in [5.41, 5.74) is 2.38. The number of hydrogen-bond donors (Lipinski definition) is 1. The van der Waals surface area contributed by atoms with Crippen molar-refractivity contribution in [3.8, 4) is 0 Å². The van der Waals surface area contributed by atoms with E-state index in [2.05, 4.69) is 48.2 Å². The molecular formula is C18H31N3. The molecular weight excluding hydrogens is 258 g/mol. The summed E-state index contributed by atoms with van der Waals surface area (Å²) in [4.78, 5) is 7.01. The van der Waals surface area contributed by atoms with Gasteiger partial charge in [-0.25, -0.2) is 0 Å². The molecule has 118 valence electrons. The van der Waals surface area contributed by atoms with Crippen LogP contribution in [-0.2, 0) is 0 Å². The standard InChI is InChI=1S/C18H31N3/c1-4-12-19-15(2)18-11-10-17(13-20-18)21(3)14-16-8-6-5-7-9-16/h10-11,13,15-16,19H,4-9,12,14H2,1-3H3. The fraction of sp³-hybridized carbons (Fsp3) is 0.722. The van der Waals surface area contributed by atoms with Gasteiger partial charge < -0.3 is 10.2 Å². The van der Waals surface area contributed by atoms with Gasteiger partial charge in [-0.1, -0.05) is 26.2 Å². The molecule has 1 saturated carbocycles. The SMILES string of the molecule is CCCNC(C)c1ccc(N(C)CC2CCCCC2)cn1. The van der Waals surface area contributed by atoms with Gasteiger partial charge in [-0.05, 0) is 50.8 Å². The quantitative estimate of drug-likeness (QED) is 0.817. The highest BCUT2D eigenvalue weighted by molar-refractivity contribution is 5.43. The molecule has 1 aliphatic rings. The second-order valence-corrected chi connectivity index (χ2v) is 6.50. The molecule has 3 nitrogen and oxygen atoms in total. The van der Waals surface area contributed by atoms with Gasteiger partial charge in [-0.3, -0.25) is 4.98 Å². The zero-order chi connectivity index (χ0) is 15.1. The van der Waals surface area contributed by atoms with Crippen molar-refractivity contribution in [1.29, 1.82) is 0 Å². The first-order chi connectivity index (χ1) is 10.2. The summed E-state index contributed by atoms with van der Waals surface area (Å²) in [7, 11) is 2.20. The fourth-order valence-corrected chi connectivity index (χ4v) is 3.21. The van der Waals surface area contributed by atoms with Gasteiger partial charge in [0.25, 0.3) is 0 Å². The first-order valence-corrected chi connectivity index (χ1v) is 8.61. The summed E-state index contributed by atoms with van der Waals surface area (Å²) in [5, 5.41) is 3.49. The molecule has 1 N–H and O–H groups in total. The van der Waals surface area contributed by atoms with Crippen molar-refractivity contribution in [3.05, 3.63) is 24.0 Å². The summed E-state index contributed by atoms with van der Waals surface area (Å²) in [6.07, 6.45) is 10.2. The van der Waals surface area contributed by atoms with Crippen LogP contribution in [0.15, 0.2) is 18.3 Å². The van der Waals surface area contributed by atoms with E-state index < -0.39 is 0 Å². The van der Waals surface area contributed by atoms with Crippen molar-refractivity contribution in [2.75, 3.05) is 25.0 Å². The molecule has 1 atom stereocenters. The predicted octanol–water partition coefficient (Wildman–Crippen LogP) is 4.16. The van der Waals surface area contributed by atoms with Gasteiger partial charge in [-0.15, -0.1) is 0 Å². The third kappa shape index (κ3) is 4.99. The number of nitrogens with zero attached hydrogens (tertiary/aromatic N) is 2. The molecule has 0 aromatic carbocycles. The Morgan fingerprint density at radius 2 is 2.05 bits per heavy atom. The predicted molar refractivity (Wildman–Crippen MR) is 90.8 cm³/mol. The number of nitrogens with one attached hydrogen (secondary N) is 1. The van der Waals surface area contributed by atoms with Gasteiger partial charge in [0.1, 0.15) is 0 Å². The van der Waals surface area contributed by atoms with Gasteiger partial charge in [-0.2, -0.15) is 0 Å². The fourth-order valence-electron chi connectivity index (χ4n) is 3.21. The largest absolute Gasteiger partial charge is 0.373 e. The van der Waals surface area contributed by atoms with Crippen LogP contribution in [0.25, 0.3) is 0 Å². The third-order valence-electron chi connectivity index (χ3n) is 4.61. The Bertz CT molecular complexity index is 395. The molecule has 3 heteroatoms. The Labute approximate surface area is 130 Å². The van der Waals surface area contributed by atoms with Crippen molar-refractivity contribution in [1.82, 2.24) is 10.3 Å².